The molecule has 0 heterocycles. The monoisotopic (exact) mass is 242 g/mol. The number of aliphatic carboxylic acids is 1. The van der Waals surface area contributed by atoms with Crippen molar-refractivity contribution in [2.45, 2.75) is 18.7 Å². The third-order valence-corrected chi connectivity index (χ3v) is 3.59. The second-order valence-electron chi connectivity index (χ2n) is 3.47. The largest absolute Gasteiger partial charge is 0.549 e. The number of benzene rings is 1. The van der Waals surface area contributed by atoms with E-state index in [1.807, 2.05) is 11.6 Å². The number of hydrogen-bond donors (Lipinski definition) is 1. The normalized spacial score (nSPS) is 11.4. The van der Waals surface area contributed by atoms with Crippen molar-refractivity contribution in [3.8, 4) is 0 Å². The molecule has 1 rings (SSSR count). The number of hydrogen-bond acceptors (Lipinski definition) is 4. The molecule has 0 bridgehead atoms. The maximum absolute atomic E-state index is 11.7. The van der Waals surface area contributed by atoms with Crippen LogP contribution in [0.15, 0.2) is 23.1 Å². The Bertz CT molecular complexity index is 508. The number of aryl methyl sites for hydroxylation is 2. The summed E-state index contributed by atoms with van der Waals surface area (Å²) in [6.07, 6.45) is 0. The molecule has 0 radical (unpaired) electrons. The number of carboxylic acids is 1. The van der Waals surface area contributed by atoms with Crippen molar-refractivity contribution >= 4 is 16.0 Å². The predicted molar refractivity (Wildman–Crippen MR) is 56.1 cm³/mol. The van der Waals surface area contributed by atoms with Crippen molar-refractivity contribution in [1.29, 1.82) is 0 Å². The molecule has 1 aromatic rings. The first-order chi connectivity index (χ1) is 7.33. The highest BCUT2D eigenvalue weighted by molar-refractivity contribution is 7.89. The number of carbonyl (C=O) groups is 1. The minimum Gasteiger partial charge on any atom is -0.549 e. The van der Waals surface area contributed by atoms with Crippen LogP contribution < -0.4 is 9.83 Å². The highest BCUT2D eigenvalue weighted by Crippen LogP contribution is 2.15. The van der Waals surface area contributed by atoms with Gasteiger partial charge in [0.25, 0.3) is 0 Å². The van der Waals surface area contributed by atoms with Crippen molar-refractivity contribution in [3.63, 3.8) is 0 Å². The number of carboxylic acid groups (broad SMARTS) is 1. The third-order valence-electron chi connectivity index (χ3n) is 2.03. The fourth-order valence-corrected chi connectivity index (χ4v) is 2.53. The molecular weight excluding hydrogens is 230 g/mol. The van der Waals surface area contributed by atoms with Gasteiger partial charge >= 0.3 is 0 Å². The van der Waals surface area contributed by atoms with Gasteiger partial charge in [0, 0.05) is 0 Å². The van der Waals surface area contributed by atoms with E-state index in [1.54, 1.807) is 19.1 Å². The van der Waals surface area contributed by atoms with Gasteiger partial charge in [-0.15, -0.1) is 0 Å². The lowest BCUT2D eigenvalue weighted by molar-refractivity contribution is -0.303. The van der Waals surface area contributed by atoms with Gasteiger partial charge in [-0.25, -0.2) is 13.1 Å². The van der Waals surface area contributed by atoms with Crippen LogP contribution in [0, 0.1) is 13.8 Å². The van der Waals surface area contributed by atoms with Crippen molar-refractivity contribution in [2.75, 3.05) is 6.54 Å². The standard InChI is InChI=1S/C10H13NO4S/c1-7-3-4-9(8(2)5-7)16(14,15)11-6-10(12)13/h3-5,11H,6H2,1-2H3,(H,12,13)/p-1. The SMILES string of the molecule is Cc1ccc(S(=O)(=O)NCC(=O)[O-])c(C)c1. The van der Waals surface area contributed by atoms with Gasteiger partial charge in [0.05, 0.1) is 17.4 Å². The molecule has 0 spiro atoms. The number of nitrogens with one attached hydrogen (secondary N) is 1. The quantitative estimate of drug-likeness (QED) is 0.758. The van der Waals surface area contributed by atoms with E-state index in [4.69, 9.17) is 0 Å². The van der Waals surface area contributed by atoms with Crippen LogP contribution in [0.4, 0.5) is 0 Å². The van der Waals surface area contributed by atoms with Gasteiger partial charge < -0.3 is 9.90 Å². The zero-order chi connectivity index (χ0) is 12.3. The molecule has 0 amide bonds. The van der Waals surface area contributed by atoms with E-state index in [2.05, 4.69) is 0 Å². The summed E-state index contributed by atoms with van der Waals surface area (Å²) in [6, 6.07) is 4.82. The van der Waals surface area contributed by atoms with Crippen LogP contribution in [-0.4, -0.2) is 20.9 Å². The van der Waals surface area contributed by atoms with Gasteiger partial charge in [-0.3, -0.25) is 0 Å². The molecule has 0 saturated carbocycles. The highest BCUT2D eigenvalue weighted by atomic mass is 32.2. The molecule has 0 saturated heterocycles. The Hall–Kier alpha value is -1.40. The maximum Gasteiger partial charge on any atom is 0.241 e. The van der Waals surface area contributed by atoms with Crippen molar-refractivity contribution < 1.29 is 18.3 Å². The van der Waals surface area contributed by atoms with E-state index in [0.717, 1.165) is 5.56 Å². The lowest BCUT2D eigenvalue weighted by Gasteiger charge is -2.10. The molecule has 0 aliphatic carbocycles. The van der Waals surface area contributed by atoms with Crippen LogP contribution in [0.5, 0.6) is 0 Å². The van der Waals surface area contributed by atoms with E-state index < -0.39 is 22.5 Å². The fraction of sp³-hybridized carbons (Fsp3) is 0.300. The van der Waals surface area contributed by atoms with Crippen molar-refractivity contribution in [2.24, 2.45) is 0 Å². The highest BCUT2D eigenvalue weighted by Gasteiger charge is 2.15. The topological polar surface area (TPSA) is 86.3 Å². The molecule has 0 aliphatic rings. The van der Waals surface area contributed by atoms with E-state index in [0.29, 0.717) is 5.56 Å². The van der Waals surface area contributed by atoms with Gasteiger partial charge in [0.1, 0.15) is 0 Å². The summed E-state index contributed by atoms with van der Waals surface area (Å²) in [7, 11) is -3.77. The summed E-state index contributed by atoms with van der Waals surface area (Å²) in [4.78, 5) is 10.3. The molecule has 16 heavy (non-hydrogen) atoms. The first kappa shape index (κ1) is 12.7. The average molecular weight is 242 g/mol. The molecule has 0 atom stereocenters. The summed E-state index contributed by atoms with van der Waals surface area (Å²) >= 11 is 0. The molecule has 1 N–H and O–H groups in total. The zero-order valence-electron chi connectivity index (χ0n) is 8.98. The Morgan fingerprint density at radius 2 is 2.00 bits per heavy atom. The Morgan fingerprint density at radius 3 is 2.50 bits per heavy atom. The Labute approximate surface area is 94.2 Å². The van der Waals surface area contributed by atoms with Crippen LogP contribution in [-0.2, 0) is 14.8 Å². The maximum atomic E-state index is 11.7. The number of carbonyl (C=O) groups excluding carboxylic acids is 1. The smallest absolute Gasteiger partial charge is 0.241 e. The summed E-state index contributed by atoms with van der Waals surface area (Å²) in [6.45, 7) is 2.77. The minimum atomic E-state index is -3.77. The van der Waals surface area contributed by atoms with Crippen molar-refractivity contribution in [1.82, 2.24) is 4.72 Å². The molecule has 0 aromatic heterocycles. The molecular formula is C10H12NO4S-. The summed E-state index contributed by atoms with van der Waals surface area (Å²) < 4.78 is 25.3. The van der Waals surface area contributed by atoms with E-state index >= 15 is 0 Å². The van der Waals surface area contributed by atoms with Crippen LogP contribution in [0.1, 0.15) is 11.1 Å². The van der Waals surface area contributed by atoms with E-state index in [-0.39, 0.29) is 4.90 Å². The van der Waals surface area contributed by atoms with Crippen LogP contribution >= 0.6 is 0 Å². The summed E-state index contributed by atoms with van der Waals surface area (Å²) in [5.41, 5.74) is 1.52. The molecule has 0 unspecified atom stereocenters. The predicted octanol–water partition coefficient (Wildman–Crippen LogP) is -0.668. The number of rotatable bonds is 4. The second-order valence-corrected chi connectivity index (χ2v) is 5.20. The van der Waals surface area contributed by atoms with Gasteiger partial charge in [-0.05, 0) is 25.5 Å². The van der Waals surface area contributed by atoms with Gasteiger partial charge in [0.15, 0.2) is 0 Å². The van der Waals surface area contributed by atoms with Crippen LogP contribution in [0.25, 0.3) is 0 Å². The van der Waals surface area contributed by atoms with Crippen LogP contribution in [0.2, 0.25) is 0 Å². The molecule has 0 fully saturated rings. The average Bonchev–Trinajstić information content (AvgIpc) is 2.14. The Balaban J connectivity index is 3.03. The Morgan fingerprint density at radius 1 is 1.38 bits per heavy atom. The van der Waals surface area contributed by atoms with Crippen LogP contribution in [0.3, 0.4) is 0 Å². The van der Waals surface area contributed by atoms with E-state index in [1.165, 1.54) is 6.07 Å². The van der Waals surface area contributed by atoms with E-state index in [9.17, 15) is 18.3 Å². The molecule has 5 nitrogen and oxygen atoms in total. The second kappa shape index (κ2) is 4.63. The fourth-order valence-electron chi connectivity index (χ4n) is 1.33. The van der Waals surface area contributed by atoms with Gasteiger partial charge in [-0.2, -0.15) is 0 Å². The summed E-state index contributed by atoms with van der Waals surface area (Å²) in [5, 5.41) is 10.2. The lowest BCUT2D eigenvalue weighted by atomic mass is 10.2. The number of sulfonamides is 1. The molecule has 1 aromatic carbocycles. The lowest BCUT2D eigenvalue weighted by Crippen LogP contribution is -2.37. The van der Waals surface area contributed by atoms with Crippen molar-refractivity contribution in [3.05, 3.63) is 29.3 Å². The van der Waals surface area contributed by atoms with Gasteiger partial charge in [0.2, 0.25) is 10.0 Å². The third kappa shape index (κ3) is 3.04. The first-order valence-corrected chi connectivity index (χ1v) is 6.08. The minimum absolute atomic E-state index is 0.0827. The first-order valence-electron chi connectivity index (χ1n) is 4.59. The Kier molecular flexibility index (Phi) is 3.66. The molecule has 6 heteroatoms. The molecule has 88 valence electrons. The molecule has 0 aliphatic heterocycles. The zero-order valence-corrected chi connectivity index (χ0v) is 9.80. The summed E-state index contributed by atoms with van der Waals surface area (Å²) in [5.74, 6) is -1.46. The van der Waals surface area contributed by atoms with Gasteiger partial charge in [-0.1, -0.05) is 17.7 Å².